The smallest absolute Gasteiger partial charge is 0.409 e. The molecule has 0 aromatic heterocycles. The normalized spacial score (nSPS) is 22.4. The van der Waals surface area contributed by atoms with Gasteiger partial charge in [-0.2, -0.15) is 0 Å². The summed E-state index contributed by atoms with van der Waals surface area (Å²) in [6.45, 7) is 6.12. The Kier molecular flexibility index (Phi) is 7.77. The number of likely N-dealkylation sites (tertiary alicyclic amines) is 2. The van der Waals surface area contributed by atoms with E-state index in [1.165, 1.54) is 0 Å². The van der Waals surface area contributed by atoms with Gasteiger partial charge in [0.25, 0.3) is 0 Å². The first-order valence-electron chi connectivity index (χ1n) is 12.2. The van der Waals surface area contributed by atoms with E-state index in [2.05, 4.69) is 10.2 Å². The fraction of sp³-hybridized carbons (Fsp3) is 0.680. The van der Waals surface area contributed by atoms with E-state index in [9.17, 15) is 9.59 Å². The molecule has 188 valence electrons. The van der Waals surface area contributed by atoms with Crippen LogP contribution < -0.4 is 14.8 Å². The minimum Gasteiger partial charge on any atom is -0.493 e. The van der Waals surface area contributed by atoms with Crippen molar-refractivity contribution in [2.45, 2.75) is 51.6 Å². The highest BCUT2D eigenvalue weighted by molar-refractivity contribution is 6.33. The quantitative estimate of drug-likeness (QED) is 0.624. The molecule has 3 aliphatic rings. The Morgan fingerprint density at radius 3 is 2.44 bits per heavy atom. The standard InChI is InChI=1S/C25H36ClN3O5/c1-4-34-24(31)29-11-7-18(8-12-29)27-23(30)19-15-25(19)9-13-28(14-10-25)16-17-5-6-20(32-2)22(33-3)21(17)26/h5-6,18-19H,4,7-16H2,1-3H3,(H,27,30)/t19-/m0/s1. The number of amides is 2. The van der Waals surface area contributed by atoms with Crippen molar-refractivity contribution in [3.05, 3.63) is 22.7 Å². The number of methoxy groups -OCH3 is 2. The third-order valence-corrected chi connectivity index (χ3v) is 8.10. The average Bonchev–Trinajstić information content (AvgIpc) is 3.55. The first-order valence-corrected chi connectivity index (χ1v) is 12.6. The lowest BCUT2D eigenvalue weighted by molar-refractivity contribution is -0.124. The molecule has 0 bridgehead atoms. The van der Waals surface area contributed by atoms with Gasteiger partial charge in [-0.25, -0.2) is 4.79 Å². The van der Waals surface area contributed by atoms with Crippen molar-refractivity contribution in [1.82, 2.24) is 15.1 Å². The van der Waals surface area contributed by atoms with Gasteiger partial charge in [0.1, 0.15) is 0 Å². The van der Waals surface area contributed by atoms with Crippen LogP contribution in [0.1, 0.15) is 44.6 Å². The number of hydrogen-bond donors (Lipinski definition) is 1. The van der Waals surface area contributed by atoms with Gasteiger partial charge in [0, 0.05) is 31.6 Å². The summed E-state index contributed by atoms with van der Waals surface area (Å²) in [5.74, 6) is 1.50. The number of ether oxygens (including phenoxy) is 3. The van der Waals surface area contributed by atoms with E-state index in [0.717, 1.165) is 57.3 Å². The van der Waals surface area contributed by atoms with Gasteiger partial charge in [0.05, 0.1) is 25.8 Å². The SMILES string of the molecule is CCOC(=O)N1CCC(NC(=O)[C@@H]2CC23CCN(Cc2ccc(OC)c(OC)c2Cl)CC3)CC1. The zero-order valence-electron chi connectivity index (χ0n) is 20.4. The van der Waals surface area contributed by atoms with Crippen molar-refractivity contribution in [2.75, 3.05) is 47.0 Å². The lowest BCUT2D eigenvalue weighted by Crippen LogP contribution is -2.47. The van der Waals surface area contributed by atoms with Crippen molar-refractivity contribution in [1.29, 1.82) is 0 Å². The second-order valence-electron chi connectivity index (χ2n) is 9.64. The predicted molar refractivity (Wildman–Crippen MR) is 129 cm³/mol. The summed E-state index contributed by atoms with van der Waals surface area (Å²) in [5, 5.41) is 3.85. The molecule has 1 N–H and O–H groups in total. The number of piperidine rings is 2. The number of benzene rings is 1. The lowest BCUT2D eigenvalue weighted by Gasteiger charge is -2.34. The Labute approximate surface area is 206 Å². The molecule has 0 radical (unpaired) electrons. The van der Waals surface area contributed by atoms with Gasteiger partial charge < -0.3 is 24.4 Å². The molecule has 1 spiro atoms. The molecule has 2 saturated heterocycles. The molecule has 8 nitrogen and oxygen atoms in total. The van der Waals surface area contributed by atoms with Crippen LogP contribution in [0.2, 0.25) is 5.02 Å². The van der Waals surface area contributed by atoms with Crippen molar-refractivity contribution >= 4 is 23.6 Å². The minimum atomic E-state index is -0.255. The topological polar surface area (TPSA) is 80.3 Å². The monoisotopic (exact) mass is 493 g/mol. The van der Waals surface area contributed by atoms with E-state index in [1.807, 2.05) is 19.1 Å². The molecule has 2 heterocycles. The maximum Gasteiger partial charge on any atom is 0.409 e. The van der Waals surface area contributed by atoms with Crippen molar-refractivity contribution in [2.24, 2.45) is 11.3 Å². The zero-order chi connectivity index (χ0) is 24.3. The summed E-state index contributed by atoms with van der Waals surface area (Å²) in [5.41, 5.74) is 1.17. The summed E-state index contributed by atoms with van der Waals surface area (Å²) in [6, 6.07) is 4.03. The molecular formula is C25H36ClN3O5. The third-order valence-electron chi connectivity index (χ3n) is 7.68. The number of nitrogens with zero attached hydrogens (tertiary/aromatic N) is 2. The molecular weight excluding hydrogens is 458 g/mol. The van der Waals surface area contributed by atoms with Gasteiger partial charge in [-0.3, -0.25) is 9.69 Å². The molecule has 2 aliphatic heterocycles. The lowest BCUT2D eigenvalue weighted by atomic mass is 9.90. The Morgan fingerprint density at radius 1 is 1.12 bits per heavy atom. The second kappa shape index (κ2) is 10.6. The molecule has 4 rings (SSSR count). The van der Waals surface area contributed by atoms with Gasteiger partial charge in [-0.15, -0.1) is 0 Å². The summed E-state index contributed by atoms with van der Waals surface area (Å²) >= 11 is 6.57. The number of hydrogen-bond acceptors (Lipinski definition) is 6. The van der Waals surface area contributed by atoms with Crippen LogP contribution in [0.5, 0.6) is 11.5 Å². The van der Waals surface area contributed by atoms with Crippen LogP contribution in [-0.2, 0) is 16.1 Å². The Balaban J connectivity index is 1.23. The van der Waals surface area contributed by atoms with Gasteiger partial charge in [-0.05, 0) is 69.2 Å². The van der Waals surface area contributed by atoms with E-state index in [1.54, 1.807) is 19.1 Å². The number of carbonyl (C=O) groups is 2. The van der Waals surface area contributed by atoms with Gasteiger partial charge in [0.15, 0.2) is 11.5 Å². The third kappa shape index (κ3) is 5.23. The Morgan fingerprint density at radius 2 is 1.82 bits per heavy atom. The molecule has 1 aliphatic carbocycles. The molecule has 1 atom stereocenters. The van der Waals surface area contributed by atoms with Crippen LogP contribution in [0.15, 0.2) is 12.1 Å². The van der Waals surface area contributed by atoms with Crippen LogP contribution >= 0.6 is 11.6 Å². The largest absolute Gasteiger partial charge is 0.493 e. The van der Waals surface area contributed by atoms with E-state index in [-0.39, 0.29) is 29.4 Å². The molecule has 1 aromatic rings. The highest BCUT2D eigenvalue weighted by Gasteiger charge is 2.58. The van der Waals surface area contributed by atoms with Crippen LogP contribution in [0.3, 0.4) is 0 Å². The van der Waals surface area contributed by atoms with E-state index < -0.39 is 0 Å². The number of carbonyl (C=O) groups excluding carboxylic acids is 2. The van der Waals surface area contributed by atoms with Gasteiger partial charge >= 0.3 is 6.09 Å². The van der Waals surface area contributed by atoms with Crippen molar-refractivity contribution < 1.29 is 23.8 Å². The maximum atomic E-state index is 12.9. The van der Waals surface area contributed by atoms with Crippen molar-refractivity contribution in [3.63, 3.8) is 0 Å². The fourth-order valence-corrected chi connectivity index (χ4v) is 5.74. The second-order valence-corrected chi connectivity index (χ2v) is 10.0. The number of nitrogens with one attached hydrogen (secondary N) is 1. The molecule has 0 unspecified atom stereocenters. The average molecular weight is 494 g/mol. The number of halogens is 1. The first-order chi connectivity index (χ1) is 16.4. The highest BCUT2D eigenvalue weighted by atomic mass is 35.5. The van der Waals surface area contributed by atoms with E-state index in [4.69, 9.17) is 25.8 Å². The molecule has 2 amide bonds. The predicted octanol–water partition coefficient (Wildman–Crippen LogP) is 3.70. The summed E-state index contributed by atoms with van der Waals surface area (Å²) in [7, 11) is 3.20. The van der Waals surface area contributed by atoms with Crippen molar-refractivity contribution in [3.8, 4) is 11.5 Å². The van der Waals surface area contributed by atoms with Crippen LogP contribution in [0.4, 0.5) is 4.79 Å². The van der Waals surface area contributed by atoms with Crippen LogP contribution in [0.25, 0.3) is 0 Å². The molecule has 9 heteroatoms. The van der Waals surface area contributed by atoms with Crippen LogP contribution in [-0.4, -0.2) is 74.8 Å². The van der Waals surface area contributed by atoms with Crippen LogP contribution in [0, 0.1) is 11.3 Å². The highest BCUT2D eigenvalue weighted by Crippen LogP contribution is 2.59. The Hall–Kier alpha value is -2.19. The molecule has 34 heavy (non-hydrogen) atoms. The maximum absolute atomic E-state index is 12.9. The van der Waals surface area contributed by atoms with Gasteiger partial charge in [0.2, 0.25) is 5.91 Å². The zero-order valence-corrected chi connectivity index (χ0v) is 21.2. The molecule has 1 aromatic carbocycles. The summed E-state index contributed by atoms with van der Waals surface area (Å²) in [6.07, 6.45) is 4.34. The number of rotatable bonds is 7. The molecule has 1 saturated carbocycles. The summed E-state index contributed by atoms with van der Waals surface area (Å²) < 4.78 is 15.8. The van der Waals surface area contributed by atoms with E-state index >= 15 is 0 Å². The van der Waals surface area contributed by atoms with E-state index in [0.29, 0.717) is 36.2 Å². The Bertz CT molecular complexity index is 895. The summed E-state index contributed by atoms with van der Waals surface area (Å²) in [4.78, 5) is 28.9. The van der Waals surface area contributed by atoms with Gasteiger partial charge in [-0.1, -0.05) is 17.7 Å². The molecule has 3 fully saturated rings. The minimum absolute atomic E-state index is 0.113. The first kappa shape index (κ1) is 24.9. The fourth-order valence-electron chi connectivity index (χ4n) is 5.44.